The molecule has 1 aromatic heterocycles. The van der Waals surface area contributed by atoms with Gasteiger partial charge in [-0.2, -0.15) is 0 Å². The number of amides is 2. The van der Waals surface area contributed by atoms with E-state index in [1.54, 1.807) is 11.3 Å². The Labute approximate surface area is 104 Å². The predicted molar refractivity (Wildman–Crippen MR) is 65.6 cm³/mol. The molecule has 0 saturated carbocycles. The van der Waals surface area contributed by atoms with Gasteiger partial charge in [0.2, 0.25) is 11.8 Å². The lowest BCUT2D eigenvalue weighted by Crippen LogP contribution is -2.53. The maximum atomic E-state index is 11.3. The van der Waals surface area contributed by atoms with Crippen molar-refractivity contribution in [3.8, 4) is 0 Å². The largest absolute Gasteiger partial charge is 0.329 e. The quantitative estimate of drug-likeness (QED) is 0.744. The van der Waals surface area contributed by atoms with Gasteiger partial charge in [-0.1, -0.05) is 0 Å². The Morgan fingerprint density at radius 2 is 2.06 bits per heavy atom. The van der Waals surface area contributed by atoms with Crippen LogP contribution in [0.4, 0.5) is 0 Å². The first-order valence-corrected chi connectivity index (χ1v) is 6.25. The number of nitrogens with zero attached hydrogens (tertiary/aromatic N) is 1. The van der Waals surface area contributed by atoms with E-state index in [0.717, 1.165) is 4.88 Å². The first-order chi connectivity index (χ1) is 8.10. The van der Waals surface area contributed by atoms with Gasteiger partial charge in [-0.05, 0) is 19.1 Å². The van der Waals surface area contributed by atoms with E-state index in [2.05, 4.69) is 5.32 Å². The second-order valence-electron chi connectivity index (χ2n) is 4.08. The highest BCUT2D eigenvalue weighted by atomic mass is 32.1. The van der Waals surface area contributed by atoms with Crippen LogP contribution in [0.5, 0.6) is 0 Å². The minimum Gasteiger partial charge on any atom is -0.329 e. The maximum Gasteiger partial charge on any atom is 0.240 e. The minimum atomic E-state index is -0.257. The van der Waals surface area contributed by atoms with Crippen LogP contribution in [0.1, 0.15) is 15.8 Å². The number of nitrogens with two attached hydrogens (primary N) is 1. The summed E-state index contributed by atoms with van der Waals surface area (Å²) in [7, 11) is 0. The molecule has 5 nitrogen and oxygen atoms in total. The lowest BCUT2D eigenvalue weighted by atomic mass is 10.1. The molecule has 0 aromatic carbocycles. The lowest BCUT2D eigenvalue weighted by Gasteiger charge is -2.31. The molecule has 1 atom stereocenters. The van der Waals surface area contributed by atoms with Crippen LogP contribution in [0.3, 0.4) is 0 Å². The van der Waals surface area contributed by atoms with Crippen molar-refractivity contribution in [2.24, 2.45) is 5.73 Å². The summed E-state index contributed by atoms with van der Waals surface area (Å²) in [5.41, 5.74) is 5.76. The highest BCUT2D eigenvalue weighted by Crippen LogP contribution is 2.27. The fourth-order valence-corrected chi connectivity index (χ4v) is 2.98. The second-order valence-corrected chi connectivity index (χ2v) is 5.40. The van der Waals surface area contributed by atoms with Gasteiger partial charge in [-0.3, -0.25) is 19.8 Å². The van der Waals surface area contributed by atoms with Crippen molar-refractivity contribution in [2.75, 3.05) is 19.6 Å². The van der Waals surface area contributed by atoms with Gasteiger partial charge in [0.05, 0.1) is 19.1 Å². The zero-order chi connectivity index (χ0) is 12.4. The normalized spacial score (nSPS) is 19.2. The van der Waals surface area contributed by atoms with Crippen molar-refractivity contribution in [3.63, 3.8) is 0 Å². The number of carbonyl (C=O) groups is 2. The fraction of sp³-hybridized carbons (Fsp3) is 0.455. The van der Waals surface area contributed by atoms with E-state index < -0.39 is 0 Å². The smallest absolute Gasteiger partial charge is 0.240 e. The summed E-state index contributed by atoms with van der Waals surface area (Å²) in [6, 6.07) is 3.98. The van der Waals surface area contributed by atoms with Crippen LogP contribution in [0.15, 0.2) is 12.1 Å². The van der Waals surface area contributed by atoms with Gasteiger partial charge < -0.3 is 5.73 Å². The molecule has 2 heterocycles. The van der Waals surface area contributed by atoms with Crippen LogP contribution in [0.25, 0.3) is 0 Å². The number of thiophene rings is 1. The molecule has 1 saturated heterocycles. The Morgan fingerprint density at radius 3 is 2.53 bits per heavy atom. The summed E-state index contributed by atoms with van der Waals surface area (Å²) in [6.45, 7) is 2.88. The SMILES string of the molecule is Cc1ccc(C(CN)N2CC(=O)NC(=O)C2)s1. The lowest BCUT2D eigenvalue weighted by molar-refractivity contribution is -0.137. The monoisotopic (exact) mass is 253 g/mol. The molecule has 0 spiro atoms. The molecular weight excluding hydrogens is 238 g/mol. The molecule has 17 heavy (non-hydrogen) atoms. The summed E-state index contributed by atoms with van der Waals surface area (Å²) in [4.78, 5) is 26.8. The van der Waals surface area contributed by atoms with Crippen molar-refractivity contribution < 1.29 is 9.59 Å². The average molecular weight is 253 g/mol. The number of piperazine rings is 1. The van der Waals surface area contributed by atoms with E-state index in [9.17, 15) is 9.59 Å². The van der Waals surface area contributed by atoms with Gasteiger partial charge in [0.25, 0.3) is 0 Å². The van der Waals surface area contributed by atoms with Crippen LogP contribution < -0.4 is 11.1 Å². The minimum absolute atomic E-state index is 0.0521. The number of carbonyl (C=O) groups excluding carboxylic acids is 2. The number of hydrogen-bond donors (Lipinski definition) is 2. The number of imide groups is 1. The van der Waals surface area contributed by atoms with E-state index in [1.165, 1.54) is 4.88 Å². The number of rotatable bonds is 3. The molecule has 0 radical (unpaired) electrons. The second kappa shape index (κ2) is 4.95. The van der Waals surface area contributed by atoms with Gasteiger partial charge in [-0.15, -0.1) is 11.3 Å². The summed E-state index contributed by atoms with van der Waals surface area (Å²) in [5.74, 6) is -0.513. The van der Waals surface area contributed by atoms with Crippen molar-refractivity contribution in [1.29, 1.82) is 0 Å². The summed E-state index contributed by atoms with van der Waals surface area (Å²) < 4.78 is 0. The van der Waals surface area contributed by atoms with E-state index in [0.29, 0.717) is 6.54 Å². The van der Waals surface area contributed by atoms with Crippen molar-refractivity contribution in [2.45, 2.75) is 13.0 Å². The molecule has 1 unspecified atom stereocenters. The Hall–Kier alpha value is -1.24. The molecule has 0 bridgehead atoms. The number of nitrogens with one attached hydrogen (secondary N) is 1. The number of hydrogen-bond acceptors (Lipinski definition) is 5. The summed E-state index contributed by atoms with van der Waals surface area (Å²) >= 11 is 1.65. The number of aryl methyl sites for hydroxylation is 1. The van der Waals surface area contributed by atoms with E-state index >= 15 is 0 Å². The summed E-state index contributed by atoms with van der Waals surface area (Å²) in [6.07, 6.45) is 0. The molecule has 1 fully saturated rings. The Balaban J connectivity index is 2.18. The molecule has 6 heteroatoms. The Kier molecular flexibility index (Phi) is 3.56. The predicted octanol–water partition coefficient (Wildman–Crippen LogP) is 0.0147. The molecule has 2 rings (SSSR count). The van der Waals surface area contributed by atoms with Crippen molar-refractivity contribution in [1.82, 2.24) is 10.2 Å². The first kappa shape index (κ1) is 12.2. The van der Waals surface area contributed by atoms with Gasteiger partial charge in [-0.25, -0.2) is 0 Å². The van der Waals surface area contributed by atoms with Gasteiger partial charge in [0.15, 0.2) is 0 Å². The molecule has 2 amide bonds. The molecule has 1 aliphatic heterocycles. The first-order valence-electron chi connectivity index (χ1n) is 5.43. The molecule has 1 aliphatic rings. The maximum absolute atomic E-state index is 11.3. The highest BCUT2D eigenvalue weighted by molar-refractivity contribution is 7.12. The van der Waals surface area contributed by atoms with Crippen LogP contribution in [-0.4, -0.2) is 36.3 Å². The molecular formula is C11H15N3O2S. The van der Waals surface area contributed by atoms with Crippen LogP contribution >= 0.6 is 11.3 Å². The van der Waals surface area contributed by atoms with Gasteiger partial charge >= 0.3 is 0 Å². The van der Waals surface area contributed by atoms with Gasteiger partial charge in [0, 0.05) is 16.3 Å². The third-order valence-corrected chi connectivity index (χ3v) is 3.83. The molecule has 1 aromatic rings. The topological polar surface area (TPSA) is 75.4 Å². The van der Waals surface area contributed by atoms with Crippen molar-refractivity contribution >= 4 is 23.2 Å². The molecule has 92 valence electrons. The zero-order valence-corrected chi connectivity index (χ0v) is 10.4. The van der Waals surface area contributed by atoms with Gasteiger partial charge in [0.1, 0.15) is 0 Å². The Morgan fingerprint density at radius 1 is 1.41 bits per heavy atom. The third kappa shape index (κ3) is 2.71. The molecule has 0 aliphatic carbocycles. The molecule has 3 N–H and O–H groups in total. The highest BCUT2D eigenvalue weighted by Gasteiger charge is 2.29. The standard InChI is InChI=1S/C11H15N3O2S/c1-7-2-3-9(17-7)8(4-12)14-5-10(15)13-11(16)6-14/h2-3,8H,4-6,12H2,1H3,(H,13,15,16). The van der Waals surface area contributed by atoms with Crippen LogP contribution in [-0.2, 0) is 9.59 Å². The van der Waals surface area contributed by atoms with Crippen molar-refractivity contribution in [3.05, 3.63) is 21.9 Å². The van der Waals surface area contributed by atoms with E-state index in [-0.39, 0.29) is 30.9 Å². The van der Waals surface area contributed by atoms with Crippen LogP contribution in [0, 0.1) is 6.92 Å². The van der Waals surface area contributed by atoms with E-state index in [1.807, 2.05) is 24.0 Å². The fourth-order valence-electron chi connectivity index (χ4n) is 1.96. The van der Waals surface area contributed by atoms with Crippen LogP contribution in [0.2, 0.25) is 0 Å². The van der Waals surface area contributed by atoms with E-state index in [4.69, 9.17) is 5.73 Å². The third-order valence-electron chi connectivity index (χ3n) is 2.73. The summed E-state index contributed by atoms with van der Waals surface area (Å²) in [5, 5.41) is 2.29. The zero-order valence-electron chi connectivity index (χ0n) is 9.60. The average Bonchev–Trinajstić information content (AvgIpc) is 2.64. The Bertz CT molecular complexity index is 428.